The minimum Gasteiger partial charge on any atom is -0.497 e. The van der Waals surface area contributed by atoms with E-state index in [1.807, 2.05) is 0 Å². The van der Waals surface area contributed by atoms with Crippen molar-refractivity contribution in [3.63, 3.8) is 0 Å². The highest BCUT2D eigenvalue weighted by Crippen LogP contribution is 2.15. The molecule has 0 fully saturated rings. The average Bonchev–Trinajstić information content (AvgIpc) is 2.61. The van der Waals surface area contributed by atoms with Crippen LogP contribution in [0.5, 0.6) is 5.75 Å². The second-order valence-electron chi connectivity index (χ2n) is 6.24. The molecule has 0 saturated heterocycles. The number of rotatable bonds is 9. The normalized spacial score (nSPS) is 12.3. The van der Waals surface area contributed by atoms with E-state index >= 15 is 0 Å². The minimum absolute atomic E-state index is 0.157. The van der Waals surface area contributed by atoms with Gasteiger partial charge in [-0.15, -0.1) is 0 Å². The van der Waals surface area contributed by atoms with Crippen LogP contribution in [-0.2, 0) is 26.5 Å². The molecule has 0 saturated carbocycles. The van der Waals surface area contributed by atoms with Gasteiger partial charge in [0.1, 0.15) is 5.75 Å². The van der Waals surface area contributed by atoms with Crippen LogP contribution in [0.3, 0.4) is 0 Å². The predicted molar refractivity (Wildman–Crippen MR) is 104 cm³/mol. The van der Waals surface area contributed by atoms with Crippen molar-refractivity contribution in [1.82, 2.24) is 9.44 Å². The Morgan fingerprint density at radius 1 is 0.852 bits per heavy atom. The fourth-order valence-corrected chi connectivity index (χ4v) is 4.66. The largest absolute Gasteiger partial charge is 0.497 e. The Morgan fingerprint density at radius 2 is 1.37 bits per heavy atom. The fraction of sp³-hybridized carbons (Fsp3) is 0.333. The van der Waals surface area contributed by atoms with Gasteiger partial charge in [-0.1, -0.05) is 12.1 Å². The van der Waals surface area contributed by atoms with Gasteiger partial charge in [-0.3, -0.25) is 0 Å². The maximum atomic E-state index is 12.3. The van der Waals surface area contributed by atoms with Crippen LogP contribution in [0, 0.1) is 0 Å². The lowest BCUT2D eigenvalue weighted by molar-refractivity contribution is 0.414. The molecule has 0 radical (unpaired) electrons. The van der Waals surface area contributed by atoms with Gasteiger partial charge in [0.05, 0.1) is 16.9 Å². The SMILES string of the molecule is COc1ccc(S(=O)(=O)NCCc2ccc(S(=O)(=O)NC(C)C)cc2)cc1. The van der Waals surface area contributed by atoms with E-state index in [2.05, 4.69) is 9.44 Å². The van der Waals surface area contributed by atoms with Gasteiger partial charge < -0.3 is 4.74 Å². The predicted octanol–water partition coefficient (Wildman–Crippen LogP) is 1.90. The molecule has 9 heteroatoms. The molecule has 0 spiro atoms. The third-order valence-corrected chi connectivity index (χ3v) is 6.85. The van der Waals surface area contributed by atoms with Gasteiger partial charge in [0.15, 0.2) is 0 Å². The van der Waals surface area contributed by atoms with Crippen molar-refractivity contribution in [3.05, 3.63) is 54.1 Å². The van der Waals surface area contributed by atoms with Crippen LogP contribution >= 0.6 is 0 Å². The summed E-state index contributed by atoms with van der Waals surface area (Å²) in [4.78, 5) is 0.336. The van der Waals surface area contributed by atoms with E-state index in [1.165, 1.54) is 31.4 Å². The van der Waals surface area contributed by atoms with Crippen molar-refractivity contribution in [2.75, 3.05) is 13.7 Å². The third-order valence-electron chi connectivity index (χ3n) is 3.70. The smallest absolute Gasteiger partial charge is 0.240 e. The fourth-order valence-electron chi connectivity index (χ4n) is 2.38. The molecule has 0 amide bonds. The third kappa shape index (κ3) is 6.03. The molecule has 2 N–H and O–H groups in total. The van der Waals surface area contributed by atoms with E-state index in [9.17, 15) is 16.8 Å². The van der Waals surface area contributed by atoms with Crippen molar-refractivity contribution < 1.29 is 21.6 Å². The van der Waals surface area contributed by atoms with Crippen LogP contribution in [0.15, 0.2) is 58.3 Å². The molecule has 0 aliphatic heterocycles. The molecule has 2 aromatic rings. The zero-order valence-electron chi connectivity index (χ0n) is 15.5. The maximum Gasteiger partial charge on any atom is 0.240 e. The monoisotopic (exact) mass is 412 g/mol. The Labute approximate surface area is 160 Å². The summed E-state index contributed by atoms with van der Waals surface area (Å²) in [5.41, 5.74) is 0.830. The summed E-state index contributed by atoms with van der Waals surface area (Å²) in [7, 11) is -5.63. The van der Waals surface area contributed by atoms with E-state index in [1.54, 1.807) is 38.1 Å². The molecule has 0 bridgehead atoms. The standard InChI is InChI=1S/C18H24N2O5S2/c1-14(2)20-27(23,24)18-8-4-15(5-9-18)12-13-19-26(21,22)17-10-6-16(25-3)7-11-17/h4-11,14,19-20H,12-13H2,1-3H3. The van der Waals surface area contributed by atoms with Crippen molar-refractivity contribution >= 4 is 20.0 Å². The topological polar surface area (TPSA) is 102 Å². The molecule has 0 heterocycles. The molecule has 148 valence electrons. The number of hydrogen-bond acceptors (Lipinski definition) is 5. The number of hydrogen-bond donors (Lipinski definition) is 2. The van der Waals surface area contributed by atoms with Crippen LogP contribution in [0.1, 0.15) is 19.4 Å². The van der Waals surface area contributed by atoms with Crippen molar-refractivity contribution in [2.45, 2.75) is 36.1 Å². The first-order chi connectivity index (χ1) is 12.6. The van der Waals surface area contributed by atoms with Gasteiger partial charge in [0, 0.05) is 12.6 Å². The van der Waals surface area contributed by atoms with E-state index in [4.69, 9.17) is 4.74 Å². The van der Waals surface area contributed by atoms with Crippen LogP contribution in [0.25, 0.3) is 0 Å². The maximum absolute atomic E-state index is 12.3. The molecule has 0 unspecified atom stereocenters. The lowest BCUT2D eigenvalue weighted by atomic mass is 10.2. The Bertz CT molecular complexity index is 952. The van der Waals surface area contributed by atoms with Crippen LogP contribution < -0.4 is 14.2 Å². The number of ether oxygens (including phenoxy) is 1. The molecule has 7 nitrogen and oxygen atoms in total. The summed E-state index contributed by atoms with van der Waals surface area (Å²) in [5.74, 6) is 0.580. The second-order valence-corrected chi connectivity index (χ2v) is 9.72. The number of sulfonamides is 2. The molecule has 0 aliphatic rings. The van der Waals surface area contributed by atoms with E-state index < -0.39 is 20.0 Å². The molecule has 2 aromatic carbocycles. The van der Waals surface area contributed by atoms with Gasteiger partial charge in [-0.05, 0) is 62.2 Å². The first-order valence-electron chi connectivity index (χ1n) is 8.39. The zero-order chi connectivity index (χ0) is 20.1. The molecule has 27 heavy (non-hydrogen) atoms. The first kappa shape index (κ1) is 21.4. The Hall–Kier alpha value is -1.94. The minimum atomic E-state index is -3.61. The van der Waals surface area contributed by atoms with Crippen LogP contribution in [-0.4, -0.2) is 36.5 Å². The average molecular weight is 413 g/mol. The molecule has 0 atom stereocenters. The summed E-state index contributed by atoms with van der Waals surface area (Å²) < 4.78 is 58.8. The zero-order valence-corrected chi connectivity index (χ0v) is 17.1. The van der Waals surface area contributed by atoms with Crippen LogP contribution in [0.4, 0.5) is 0 Å². The van der Waals surface area contributed by atoms with E-state index in [0.29, 0.717) is 12.2 Å². The summed E-state index contributed by atoms with van der Waals surface area (Å²) in [6, 6.07) is 12.3. The lowest BCUT2D eigenvalue weighted by Crippen LogP contribution is -2.30. The lowest BCUT2D eigenvalue weighted by Gasteiger charge is -2.10. The number of methoxy groups -OCH3 is 1. The van der Waals surface area contributed by atoms with Crippen molar-refractivity contribution in [3.8, 4) is 5.75 Å². The summed E-state index contributed by atoms with van der Waals surface area (Å²) in [6.45, 7) is 3.70. The number of nitrogens with one attached hydrogen (secondary N) is 2. The first-order valence-corrected chi connectivity index (χ1v) is 11.4. The summed E-state index contributed by atoms with van der Waals surface area (Å²) in [5, 5.41) is 0. The summed E-state index contributed by atoms with van der Waals surface area (Å²) in [6.07, 6.45) is 0.438. The van der Waals surface area contributed by atoms with Gasteiger partial charge in [-0.25, -0.2) is 26.3 Å². The Morgan fingerprint density at radius 3 is 1.89 bits per heavy atom. The summed E-state index contributed by atoms with van der Waals surface area (Å²) >= 11 is 0. The molecular formula is C18H24N2O5S2. The Kier molecular flexibility index (Phi) is 6.99. The highest BCUT2D eigenvalue weighted by Gasteiger charge is 2.16. The molecule has 2 rings (SSSR count). The van der Waals surface area contributed by atoms with Crippen molar-refractivity contribution in [1.29, 1.82) is 0 Å². The Balaban J connectivity index is 1.96. The highest BCUT2D eigenvalue weighted by atomic mass is 32.2. The van der Waals surface area contributed by atoms with Gasteiger partial charge in [0.25, 0.3) is 0 Å². The van der Waals surface area contributed by atoms with E-state index in [-0.39, 0.29) is 22.4 Å². The molecule has 0 aromatic heterocycles. The quantitative estimate of drug-likeness (QED) is 0.655. The van der Waals surface area contributed by atoms with Gasteiger partial charge >= 0.3 is 0 Å². The van der Waals surface area contributed by atoms with Gasteiger partial charge in [0.2, 0.25) is 20.0 Å². The number of benzene rings is 2. The van der Waals surface area contributed by atoms with Crippen molar-refractivity contribution in [2.24, 2.45) is 0 Å². The molecule has 0 aliphatic carbocycles. The van der Waals surface area contributed by atoms with Crippen LogP contribution in [0.2, 0.25) is 0 Å². The van der Waals surface area contributed by atoms with E-state index in [0.717, 1.165) is 5.56 Å². The van der Waals surface area contributed by atoms with Gasteiger partial charge in [-0.2, -0.15) is 0 Å². The highest BCUT2D eigenvalue weighted by molar-refractivity contribution is 7.89. The molecular weight excluding hydrogens is 388 g/mol. The second kappa shape index (κ2) is 8.83.